The lowest BCUT2D eigenvalue weighted by atomic mass is 10.1. The van der Waals surface area contributed by atoms with Crippen molar-refractivity contribution in [3.8, 4) is 0 Å². The molecule has 0 saturated heterocycles. The van der Waals surface area contributed by atoms with Crippen molar-refractivity contribution in [2.24, 2.45) is 5.92 Å². The molecule has 2 aromatic heterocycles. The third kappa shape index (κ3) is 2.99. The molecule has 6 heteroatoms. The fourth-order valence-electron chi connectivity index (χ4n) is 2.49. The summed E-state index contributed by atoms with van der Waals surface area (Å²) < 4.78 is 5.81. The predicted octanol–water partition coefficient (Wildman–Crippen LogP) is 2.18. The highest BCUT2D eigenvalue weighted by molar-refractivity contribution is 5.92. The molecule has 112 valence electrons. The van der Waals surface area contributed by atoms with Crippen LogP contribution in [0.25, 0.3) is 0 Å². The minimum absolute atomic E-state index is 0.0371. The second-order valence-corrected chi connectivity index (χ2v) is 5.85. The fourth-order valence-corrected chi connectivity index (χ4v) is 2.49. The van der Waals surface area contributed by atoms with Gasteiger partial charge in [-0.15, -0.1) is 0 Å². The van der Waals surface area contributed by atoms with E-state index in [2.05, 4.69) is 28.8 Å². The van der Waals surface area contributed by atoms with Crippen LogP contribution in [0.5, 0.6) is 0 Å². The van der Waals surface area contributed by atoms with Crippen molar-refractivity contribution in [3.05, 3.63) is 35.6 Å². The minimum Gasteiger partial charge on any atom is -0.445 e. The van der Waals surface area contributed by atoms with Gasteiger partial charge in [0.15, 0.2) is 5.89 Å². The zero-order chi connectivity index (χ0) is 14.8. The lowest BCUT2D eigenvalue weighted by Gasteiger charge is -2.24. The Labute approximate surface area is 123 Å². The summed E-state index contributed by atoms with van der Waals surface area (Å²) in [6.07, 6.45) is 5.72. The maximum atomic E-state index is 12.3. The van der Waals surface area contributed by atoms with E-state index in [0.29, 0.717) is 24.7 Å². The number of nitrogens with one attached hydrogen (secondary N) is 1. The molecule has 0 aromatic carbocycles. The molecule has 0 spiro atoms. The van der Waals surface area contributed by atoms with Crippen LogP contribution in [-0.2, 0) is 19.4 Å². The molecule has 6 nitrogen and oxygen atoms in total. The Morgan fingerprint density at radius 2 is 2.38 bits per heavy atom. The molecule has 0 saturated carbocycles. The second-order valence-electron chi connectivity index (χ2n) is 5.85. The van der Waals surface area contributed by atoms with Crippen LogP contribution in [0.2, 0.25) is 0 Å². The van der Waals surface area contributed by atoms with Crippen LogP contribution in [0.4, 0.5) is 0 Å². The molecule has 1 amide bonds. The summed E-state index contributed by atoms with van der Waals surface area (Å²) in [5.74, 6) is 2.32. The number of H-pyrrole nitrogens is 1. The van der Waals surface area contributed by atoms with E-state index in [1.807, 2.05) is 0 Å². The first-order valence-corrected chi connectivity index (χ1v) is 7.38. The number of aromatic amines is 1. The van der Waals surface area contributed by atoms with Crippen molar-refractivity contribution < 1.29 is 9.21 Å². The number of imidazole rings is 1. The summed E-state index contributed by atoms with van der Waals surface area (Å²) in [6.45, 7) is 5.54. The van der Waals surface area contributed by atoms with Crippen molar-refractivity contribution in [1.82, 2.24) is 19.9 Å². The van der Waals surface area contributed by atoms with E-state index >= 15 is 0 Å². The molecule has 1 N–H and O–H groups in total. The summed E-state index contributed by atoms with van der Waals surface area (Å²) in [6, 6.07) is 0. The zero-order valence-electron chi connectivity index (χ0n) is 12.4. The van der Waals surface area contributed by atoms with Gasteiger partial charge in [-0.2, -0.15) is 0 Å². The predicted molar refractivity (Wildman–Crippen MR) is 76.7 cm³/mol. The molecule has 2 aromatic rings. The molecule has 0 unspecified atom stereocenters. The van der Waals surface area contributed by atoms with Gasteiger partial charge >= 0.3 is 0 Å². The van der Waals surface area contributed by atoms with Crippen LogP contribution in [0.15, 0.2) is 16.9 Å². The van der Waals surface area contributed by atoms with Crippen molar-refractivity contribution >= 4 is 5.91 Å². The first-order valence-electron chi connectivity index (χ1n) is 7.38. The molecule has 3 rings (SSSR count). The highest BCUT2D eigenvalue weighted by Crippen LogP contribution is 2.22. The molecule has 3 heterocycles. The highest BCUT2D eigenvalue weighted by Gasteiger charge is 2.26. The molecular formula is C15H20N4O2. The van der Waals surface area contributed by atoms with Gasteiger partial charge in [0, 0.05) is 19.4 Å². The smallest absolute Gasteiger partial charge is 0.272 e. The third-order valence-electron chi connectivity index (χ3n) is 3.72. The summed E-state index contributed by atoms with van der Waals surface area (Å²) >= 11 is 0. The highest BCUT2D eigenvalue weighted by atomic mass is 16.4. The van der Waals surface area contributed by atoms with E-state index in [9.17, 15) is 4.79 Å². The normalized spacial score (nSPS) is 14.5. The zero-order valence-corrected chi connectivity index (χ0v) is 12.4. The van der Waals surface area contributed by atoms with Gasteiger partial charge in [-0.1, -0.05) is 13.8 Å². The van der Waals surface area contributed by atoms with E-state index in [0.717, 1.165) is 36.6 Å². The molecule has 0 radical (unpaired) electrons. The van der Waals surface area contributed by atoms with Crippen LogP contribution in [0.1, 0.15) is 48.1 Å². The molecule has 0 aliphatic carbocycles. The molecule has 0 atom stereocenters. The number of hydrogen-bond donors (Lipinski definition) is 1. The van der Waals surface area contributed by atoms with Crippen molar-refractivity contribution in [3.63, 3.8) is 0 Å². The third-order valence-corrected chi connectivity index (χ3v) is 3.72. The summed E-state index contributed by atoms with van der Waals surface area (Å²) in [7, 11) is 0. The van der Waals surface area contributed by atoms with Crippen LogP contribution < -0.4 is 0 Å². The number of amides is 1. The number of rotatable bonds is 4. The SMILES string of the molecule is CC(C)CCc1nc2c(o1)CCN(C(=O)c1cnc[nH]1)C2. The van der Waals surface area contributed by atoms with Gasteiger partial charge in [-0.05, 0) is 12.3 Å². The Kier molecular flexibility index (Phi) is 3.77. The Morgan fingerprint density at radius 3 is 3.10 bits per heavy atom. The van der Waals surface area contributed by atoms with E-state index in [-0.39, 0.29) is 5.91 Å². The number of fused-ring (bicyclic) bond motifs is 1. The number of hydrogen-bond acceptors (Lipinski definition) is 4. The van der Waals surface area contributed by atoms with Crippen molar-refractivity contribution in [1.29, 1.82) is 0 Å². The standard InChI is InChI=1S/C15H20N4O2/c1-10(2)3-4-14-18-12-8-19(6-5-13(12)21-14)15(20)11-7-16-9-17-11/h7,9-10H,3-6,8H2,1-2H3,(H,16,17). The largest absolute Gasteiger partial charge is 0.445 e. The lowest BCUT2D eigenvalue weighted by molar-refractivity contribution is 0.0722. The van der Waals surface area contributed by atoms with Crippen LogP contribution in [-0.4, -0.2) is 32.3 Å². The van der Waals surface area contributed by atoms with Gasteiger partial charge in [0.2, 0.25) is 0 Å². The van der Waals surface area contributed by atoms with Crippen LogP contribution >= 0.6 is 0 Å². The average Bonchev–Trinajstić information content (AvgIpc) is 3.12. The van der Waals surface area contributed by atoms with Gasteiger partial charge in [-0.3, -0.25) is 4.79 Å². The Bertz CT molecular complexity index is 616. The number of carbonyl (C=O) groups excluding carboxylic acids is 1. The maximum absolute atomic E-state index is 12.3. The summed E-state index contributed by atoms with van der Waals surface area (Å²) in [5, 5.41) is 0. The molecule has 1 aliphatic rings. The van der Waals surface area contributed by atoms with Crippen LogP contribution in [0.3, 0.4) is 0 Å². The molecule has 0 fully saturated rings. The topological polar surface area (TPSA) is 75.0 Å². The van der Waals surface area contributed by atoms with Gasteiger partial charge < -0.3 is 14.3 Å². The van der Waals surface area contributed by atoms with Crippen LogP contribution in [0, 0.1) is 5.92 Å². The minimum atomic E-state index is -0.0371. The van der Waals surface area contributed by atoms with Crippen molar-refractivity contribution in [2.75, 3.05) is 6.54 Å². The Hall–Kier alpha value is -2.11. The number of oxazole rings is 1. The number of nitrogens with zero attached hydrogens (tertiary/aromatic N) is 3. The second kappa shape index (κ2) is 5.71. The quantitative estimate of drug-likeness (QED) is 0.935. The first-order chi connectivity index (χ1) is 10.1. The lowest BCUT2D eigenvalue weighted by Crippen LogP contribution is -2.36. The number of carbonyl (C=O) groups is 1. The van der Waals surface area contributed by atoms with Crippen molar-refractivity contribution in [2.45, 2.75) is 39.7 Å². The summed E-state index contributed by atoms with van der Waals surface area (Å²) in [5.41, 5.74) is 1.41. The fraction of sp³-hybridized carbons (Fsp3) is 0.533. The first kappa shape index (κ1) is 13.9. The van der Waals surface area contributed by atoms with Gasteiger partial charge in [0.1, 0.15) is 17.1 Å². The van der Waals surface area contributed by atoms with Gasteiger partial charge in [0.25, 0.3) is 5.91 Å². The van der Waals surface area contributed by atoms with E-state index < -0.39 is 0 Å². The monoisotopic (exact) mass is 288 g/mol. The van der Waals surface area contributed by atoms with Gasteiger partial charge in [-0.25, -0.2) is 9.97 Å². The molecular weight excluding hydrogens is 268 g/mol. The van der Waals surface area contributed by atoms with Gasteiger partial charge in [0.05, 0.1) is 19.1 Å². The molecule has 1 aliphatic heterocycles. The van der Waals surface area contributed by atoms with E-state index in [1.165, 1.54) is 6.33 Å². The average molecular weight is 288 g/mol. The van der Waals surface area contributed by atoms with E-state index in [4.69, 9.17) is 4.42 Å². The molecule has 21 heavy (non-hydrogen) atoms. The molecule has 0 bridgehead atoms. The van der Waals surface area contributed by atoms with E-state index in [1.54, 1.807) is 11.1 Å². The maximum Gasteiger partial charge on any atom is 0.272 e. The number of aromatic nitrogens is 3. The summed E-state index contributed by atoms with van der Waals surface area (Å²) in [4.78, 5) is 25.4. The Balaban J connectivity index is 1.69. The number of aryl methyl sites for hydroxylation is 1. The Morgan fingerprint density at radius 1 is 1.52 bits per heavy atom.